The van der Waals surface area contributed by atoms with E-state index in [1.807, 2.05) is 159 Å². The number of para-hydroxylation sites is 1. The number of hydrogen-bond donors (Lipinski definition) is 1. The van der Waals surface area contributed by atoms with Crippen molar-refractivity contribution in [3.8, 4) is 0 Å². The van der Waals surface area contributed by atoms with Gasteiger partial charge in [0.05, 0.1) is 0 Å². The summed E-state index contributed by atoms with van der Waals surface area (Å²) in [6.07, 6.45) is 5.30. The largest absolute Gasteiger partial charge is 0.399 e. The average molecular weight is 504 g/mol. The van der Waals surface area contributed by atoms with E-state index < -0.39 is 0 Å². The SMILES string of the molecule is CC.CC.CC.CC.Nc1ccccc1.O=C(c1ccccc1)C1CC=CCC1C(=O)c1ccccc1. The minimum Gasteiger partial charge on any atom is -0.399 e. The molecule has 0 radical (unpaired) electrons. The summed E-state index contributed by atoms with van der Waals surface area (Å²) in [5.74, 6) is -0.390. The fourth-order valence-corrected chi connectivity index (χ4v) is 3.48. The molecule has 0 saturated carbocycles. The monoisotopic (exact) mass is 503 g/mol. The van der Waals surface area contributed by atoms with Gasteiger partial charge in [0.1, 0.15) is 0 Å². The Labute approximate surface area is 226 Å². The number of nitrogen functional groups attached to an aromatic ring is 1. The molecule has 0 saturated heterocycles. The number of ketones is 2. The zero-order chi connectivity index (χ0) is 28.5. The van der Waals surface area contributed by atoms with E-state index in [1.54, 1.807) is 0 Å². The van der Waals surface area contributed by atoms with E-state index in [1.165, 1.54) is 0 Å². The van der Waals surface area contributed by atoms with Gasteiger partial charge in [-0.2, -0.15) is 0 Å². The Bertz CT molecular complexity index is 889. The molecule has 2 atom stereocenters. The van der Waals surface area contributed by atoms with Gasteiger partial charge < -0.3 is 5.73 Å². The number of rotatable bonds is 4. The lowest BCUT2D eigenvalue weighted by molar-refractivity contribution is 0.0761. The van der Waals surface area contributed by atoms with E-state index in [0.717, 1.165) is 5.69 Å². The first-order chi connectivity index (χ1) is 18.2. The van der Waals surface area contributed by atoms with Crippen molar-refractivity contribution < 1.29 is 9.59 Å². The van der Waals surface area contributed by atoms with Gasteiger partial charge in [0.2, 0.25) is 0 Å². The Hall–Kier alpha value is -3.46. The van der Waals surface area contributed by atoms with Crippen molar-refractivity contribution in [2.75, 3.05) is 5.73 Å². The molecule has 0 aliphatic heterocycles. The summed E-state index contributed by atoms with van der Waals surface area (Å²) >= 11 is 0. The van der Waals surface area contributed by atoms with Crippen LogP contribution >= 0.6 is 0 Å². The summed E-state index contributed by atoms with van der Waals surface area (Å²) in [7, 11) is 0. The highest BCUT2D eigenvalue weighted by molar-refractivity contribution is 6.05. The van der Waals surface area contributed by atoms with Crippen molar-refractivity contribution in [1.29, 1.82) is 0 Å². The van der Waals surface area contributed by atoms with Crippen molar-refractivity contribution in [3.63, 3.8) is 0 Å². The van der Waals surface area contributed by atoms with Crippen molar-refractivity contribution in [2.24, 2.45) is 11.8 Å². The van der Waals surface area contributed by atoms with E-state index in [-0.39, 0.29) is 23.4 Å². The molecule has 0 fully saturated rings. The molecule has 4 rings (SSSR count). The van der Waals surface area contributed by atoms with E-state index in [9.17, 15) is 9.59 Å². The normalized spacial score (nSPS) is 14.5. The number of carbonyl (C=O) groups excluding carboxylic acids is 2. The standard InChI is InChI=1S/C20H18O2.C6H7N.4C2H6/c21-19(15-9-3-1-4-10-15)17-13-7-8-14-18(17)20(22)16-11-5-2-6-12-16;7-6-4-2-1-3-5-6;4*1-2/h1-12,17-18H,13-14H2;1-5H,7H2;4*1-2H3. The maximum absolute atomic E-state index is 12.8. The van der Waals surface area contributed by atoms with Gasteiger partial charge in [-0.05, 0) is 25.0 Å². The number of nitrogens with two attached hydrogens (primary N) is 1. The van der Waals surface area contributed by atoms with Crippen LogP contribution in [-0.2, 0) is 0 Å². The summed E-state index contributed by atoms with van der Waals surface area (Å²) in [5, 5.41) is 0. The molecule has 202 valence electrons. The molecule has 37 heavy (non-hydrogen) atoms. The van der Waals surface area contributed by atoms with Gasteiger partial charge in [0.15, 0.2) is 11.6 Å². The zero-order valence-electron chi connectivity index (χ0n) is 24.3. The molecule has 1 aliphatic rings. The second kappa shape index (κ2) is 24.2. The number of carbonyl (C=O) groups is 2. The first-order valence-corrected chi connectivity index (χ1v) is 13.8. The fraction of sp³-hybridized carbons (Fsp3) is 0.353. The summed E-state index contributed by atoms with van der Waals surface area (Å²) in [5.41, 5.74) is 7.56. The number of benzene rings is 3. The Morgan fingerprint density at radius 2 is 0.784 bits per heavy atom. The van der Waals surface area contributed by atoms with Crippen LogP contribution in [0.2, 0.25) is 0 Å². The molecule has 3 heteroatoms. The lowest BCUT2D eigenvalue weighted by atomic mass is 9.75. The smallest absolute Gasteiger partial charge is 0.166 e. The van der Waals surface area contributed by atoms with Crippen molar-refractivity contribution in [1.82, 2.24) is 0 Å². The van der Waals surface area contributed by atoms with Crippen molar-refractivity contribution >= 4 is 17.3 Å². The predicted molar refractivity (Wildman–Crippen MR) is 163 cm³/mol. The van der Waals surface area contributed by atoms with Crippen LogP contribution in [0.4, 0.5) is 5.69 Å². The third-order valence-electron chi connectivity index (χ3n) is 5.02. The van der Waals surface area contributed by atoms with Crippen molar-refractivity contribution in [2.45, 2.75) is 68.2 Å². The molecular formula is C34H49NO2. The summed E-state index contributed by atoms with van der Waals surface area (Å²) in [6.45, 7) is 16.0. The maximum Gasteiger partial charge on any atom is 0.166 e. The van der Waals surface area contributed by atoms with Crippen LogP contribution in [0, 0.1) is 11.8 Å². The predicted octanol–water partition coefficient (Wildman–Crippen LogP) is 9.71. The number of Topliss-reactive ketones (excluding diaryl/α,β-unsaturated/α-hetero) is 2. The first-order valence-electron chi connectivity index (χ1n) is 13.8. The van der Waals surface area contributed by atoms with E-state index >= 15 is 0 Å². The summed E-state index contributed by atoms with van der Waals surface area (Å²) < 4.78 is 0. The molecule has 3 aromatic carbocycles. The molecule has 3 aromatic rings. The fourth-order valence-electron chi connectivity index (χ4n) is 3.48. The Morgan fingerprint density at radius 1 is 0.514 bits per heavy atom. The minimum absolute atomic E-state index is 0.0687. The molecule has 0 aromatic heterocycles. The lowest BCUT2D eigenvalue weighted by Gasteiger charge is -2.26. The van der Waals surface area contributed by atoms with E-state index in [4.69, 9.17) is 5.73 Å². The molecule has 0 amide bonds. The molecule has 0 spiro atoms. The topological polar surface area (TPSA) is 60.2 Å². The Kier molecular flexibility index (Phi) is 23.4. The molecule has 2 unspecified atom stereocenters. The quantitative estimate of drug-likeness (QED) is 0.219. The van der Waals surface area contributed by atoms with Crippen LogP contribution in [0.15, 0.2) is 103 Å². The summed E-state index contributed by atoms with van der Waals surface area (Å²) in [4.78, 5) is 25.5. The highest BCUT2D eigenvalue weighted by Crippen LogP contribution is 2.31. The van der Waals surface area contributed by atoms with Gasteiger partial charge in [0.25, 0.3) is 0 Å². The van der Waals surface area contributed by atoms with Gasteiger partial charge in [-0.1, -0.05) is 146 Å². The molecule has 1 aliphatic carbocycles. The number of hydrogen-bond acceptors (Lipinski definition) is 3. The second-order valence-electron chi connectivity index (χ2n) is 7.03. The molecule has 3 nitrogen and oxygen atoms in total. The van der Waals surface area contributed by atoms with Gasteiger partial charge >= 0.3 is 0 Å². The molecule has 2 N–H and O–H groups in total. The third kappa shape index (κ3) is 13.4. The Balaban J connectivity index is 0. The summed E-state index contributed by atoms with van der Waals surface area (Å²) in [6, 6.07) is 28.0. The molecular weight excluding hydrogens is 454 g/mol. The highest BCUT2D eigenvalue weighted by atomic mass is 16.1. The van der Waals surface area contributed by atoms with Crippen LogP contribution < -0.4 is 5.73 Å². The maximum atomic E-state index is 12.8. The van der Waals surface area contributed by atoms with Crippen LogP contribution in [0.3, 0.4) is 0 Å². The van der Waals surface area contributed by atoms with Crippen LogP contribution in [0.5, 0.6) is 0 Å². The van der Waals surface area contributed by atoms with Gasteiger partial charge in [-0.25, -0.2) is 0 Å². The van der Waals surface area contributed by atoms with Crippen LogP contribution in [0.25, 0.3) is 0 Å². The van der Waals surface area contributed by atoms with Crippen molar-refractivity contribution in [3.05, 3.63) is 114 Å². The van der Waals surface area contributed by atoms with Gasteiger partial charge in [-0.15, -0.1) is 0 Å². The minimum atomic E-state index is -0.264. The third-order valence-corrected chi connectivity index (χ3v) is 5.02. The number of anilines is 1. The number of allylic oxidation sites excluding steroid dienone is 2. The second-order valence-corrected chi connectivity index (χ2v) is 7.03. The van der Waals surface area contributed by atoms with Gasteiger partial charge in [0, 0.05) is 28.7 Å². The molecule has 0 heterocycles. The average Bonchev–Trinajstić information content (AvgIpc) is 3.02. The van der Waals surface area contributed by atoms with E-state index in [2.05, 4.69) is 0 Å². The van der Waals surface area contributed by atoms with Gasteiger partial charge in [-0.3, -0.25) is 9.59 Å². The van der Waals surface area contributed by atoms with E-state index in [0.29, 0.717) is 24.0 Å². The zero-order valence-corrected chi connectivity index (χ0v) is 24.3. The Morgan fingerprint density at radius 3 is 1.03 bits per heavy atom. The lowest BCUT2D eigenvalue weighted by Crippen LogP contribution is -2.31. The first kappa shape index (κ1) is 35.7. The van der Waals surface area contributed by atoms with Crippen LogP contribution in [0.1, 0.15) is 88.9 Å². The highest BCUT2D eigenvalue weighted by Gasteiger charge is 2.34. The molecule has 0 bridgehead atoms. The van der Waals surface area contributed by atoms with Crippen LogP contribution in [-0.4, -0.2) is 11.6 Å².